The molecule has 0 saturated carbocycles. The molecule has 0 unspecified atom stereocenters. The van der Waals surface area contributed by atoms with Crippen LogP contribution in [0.15, 0.2) is 28.2 Å². The van der Waals surface area contributed by atoms with Crippen molar-refractivity contribution in [2.24, 2.45) is 4.99 Å². The Kier molecular flexibility index (Phi) is 6.70. The van der Waals surface area contributed by atoms with Crippen LogP contribution in [0.2, 0.25) is 0 Å². The monoisotopic (exact) mass is 226 g/mol. The van der Waals surface area contributed by atoms with Gasteiger partial charge in [0.2, 0.25) is 0 Å². The molecule has 0 aliphatic rings. The van der Waals surface area contributed by atoms with Gasteiger partial charge in [-0.3, -0.25) is 0 Å². The maximum atomic E-state index is 14.0. The normalized spacial score (nSPS) is 14.9. The average molecular weight is 226 g/mol. The van der Waals surface area contributed by atoms with Gasteiger partial charge in [0.05, 0.1) is 5.70 Å². The molecule has 0 radical (unpaired) electrons. The highest BCUT2D eigenvalue weighted by molar-refractivity contribution is 5.80. The summed E-state index contributed by atoms with van der Waals surface area (Å²) in [6, 6.07) is 0. The average Bonchev–Trinajstić information content (AvgIpc) is 2.24. The Hall–Kier alpha value is -1.12. The molecule has 0 aromatic heterocycles. The fourth-order valence-corrected chi connectivity index (χ4v) is 1.26. The first-order valence-corrected chi connectivity index (χ1v) is 5.72. The van der Waals surface area contributed by atoms with Crippen molar-refractivity contribution in [2.45, 2.75) is 40.5 Å². The van der Waals surface area contributed by atoms with Crippen molar-refractivity contribution >= 4 is 5.84 Å². The SMILES string of the molecule is CC/C=C(CC)/C(F)=C(C)\N=C(/C)N(C)C. The molecule has 0 spiro atoms. The van der Waals surface area contributed by atoms with Gasteiger partial charge in [0, 0.05) is 14.1 Å². The van der Waals surface area contributed by atoms with Crippen molar-refractivity contribution < 1.29 is 4.39 Å². The molecule has 0 atom stereocenters. The molecular formula is C13H23FN2. The molecule has 92 valence electrons. The zero-order chi connectivity index (χ0) is 12.7. The van der Waals surface area contributed by atoms with E-state index in [0.717, 1.165) is 17.8 Å². The summed E-state index contributed by atoms with van der Waals surface area (Å²) in [7, 11) is 3.79. The maximum Gasteiger partial charge on any atom is 0.147 e. The van der Waals surface area contributed by atoms with Crippen molar-refractivity contribution in [3.8, 4) is 0 Å². The predicted molar refractivity (Wildman–Crippen MR) is 69.3 cm³/mol. The van der Waals surface area contributed by atoms with Gasteiger partial charge < -0.3 is 4.90 Å². The molecule has 0 aromatic carbocycles. The van der Waals surface area contributed by atoms with Crippen LogP contribution in [0, 0.1) is 0 Å². The summed E-state index contributed by atoms with van der Waals surface area (Å²) in [4.78, 5) is 6.10. The Morgan fingerprint density at radius 2 is 1.81 bits per heavy atom. The number of rotatable bonds is 4. The van der Waals surface area contributed by atoms with Gasteiger partial charge in [-0.25, -0.2) is 9.38 Å². The van der Waals surface area contributed by atoms with E-state index in [1.54, 1.807) is 6.92 Å². The second kappa shape index (κ2) is 7.20. The first-order valence-electron chi connectivity index (χ1n) is 5.72. The fourth-order valence-electron chi connectivity index (χ4n) is 1.26. The number of amidine groups is 1. The minimum atomic E-state index is -0.189. The highest BCUT2D eigenvalue weighted by Crippen LogP contribution is 2.20. The molecule has 2 nitrogen and oxygen atoms in total. The van der Waals surface area contributed by atoms with E-state index in [4.69, 9.17) is 0 Å². The highest BCUT2D eigenvalue weighted by Gasteiger charge is 2.06. The largest absolute Gasteiger partial charge is 0.366 e. The quantitative estimate of drug-likeness (QED) is 0.403. The Bertz CT molecular complexity index is 312. The van der Waals surface area contributed by atoms with Gasteiger partial charge in [0.25, 0.3) is 0 Å². The lowest BCUT2D eigenvalue weighted by Crippen LogP contribution is -2.18. The molecule has 3 heteroatoms. The number of hydrogen-bond acceptors (Lipinski definition) is 1. The van der Waals surface area contributed by atoms with Gasteiger partial charge in [0.15, 0.2) is 0 Å². The summed E-state index contributed by atoms with van der Waals surface area (Å²) < 4.78 is 14.0. The van der Waals surface area contributed by atoms with Crippen LogP contribution in [0.1, 0.15) is 40.5 Å². The van der Waals surface area contributed by atoms with Gasteiger partial charge in [-0.2, -0.15) is 0 Å². The molecule has 0 aliphatic heterocycles. The summed E-state index contributed by atoms with van der Waals surface area (Å²) in [6.07, 6.45) is 3.47. The van der Waals surface area contributed by atoms with Crippen LogP contribution >= 0.6 is 0 Å². The first-order chi connectivity index (χ1) is 7.43. The van der Waals surface area contributed by atoms with E-state index >= 15 is 0 Å². The van der Waals surface area contributed by atoms with Crippen LogP contribution in [0.3, 0.4) is 0 Å². The lowest BCUT2D eigenvalue weighted by atomic mass is 10.1. The van der Waals surface area contributed by atoms with Crippen LogP contribution < -0.4 is 0 Å². The van der Waals surface area contributed by atoms with E-state index < -0.39 is 0 Å². The van der Waals surface area contributed by atoms with E-state index in [1.807, 2.05) is 45.8 Å². The maximum absolute atomic E-state index is 14.0. The number of hydrogen-bond donors (Lipinski definition) is 0. The topological polar surface area (TPSA) is 15.6 Å². The second-order valence-electron chi connectivity index (χ2n) is 3.94. The summed E-state index contributed by atoms with van der Waals surface area (Å²) in [5.41, 5.74) is 1.20. The van der Waals surface area contributed by atoms with Crippen LogP contribution in [0.4, 0.5) is 4.39 Å². The molecule has 0 fully saturated rings. The lowest BCUT2D eigenvalue weighted by molar-refractivity contribution is 0.608. The molecule has 0 aromatic rings. The summed E-state index contributed by atoms with van der Waals surface area (Å²) in [6.45, 7) is 7.54. The van der Waals surface area contributed by atoms with Crippen LogP contribution in [0.5, 0.6) is 0 Å². The van der Waals surface area contributed by atoms with Crippen LogP contribution in [0.25, 0.3) is 0 Å². The van der Waals surface area contributed by atoms with Gasteiger partial charge >= 0.3 is 0 Å². The van der Waals surface area contributed by atoms with Gasteiger partial charge in [-0.15, -0.1) is 0 Å². The smallest absolute Gasteiger partial charge is 0.147 e. The van der Waals surface area contributed by atoms with E-state index in [2.05, 4.69) is 4.99 Å². The van der Waals surface area contributed by atoms with Crippen molar-refractivity contribution in [2.75, 3.05) is 14.1 Å². The fraction of sp³-hybridized carbons (Fsp3) is 0.615. The Morgan fingerprint density at radius 1 is 1.25 bits per heavy atom. The molecule has 0 saturated heterocycles. The van der Waals surface area contributed by atoms with Crippen molar-refractivity contribution in [1.29, 1.82) is 0 Å². The third-order valence-electron chi connectivity index (χ3n) is 2.41. The molecule has 0 heterocycles. The zero-order valence-corrected chi connectivity index (χ0v) is 11.3. The summed E-state index contributed by atoms with van der Waals surface area (Å²) in [5.74, 6) is 0.616. The summed E-state index contributed by atoms with van der Waals surface area (Å²) >= 11 is 0. The van der Waals surface area contributed by atoms with Gasteiger partial charge in [-0.05, 0) is 32.3 Å². The molecule has 0 rings (SSSR count). The third kappa shape index (κ3) is 4.60. The van der Waals surface area contributed by atoms with Crippen molar-refractivity contribution in [1.82, 2.24) is 4.90 Å². The predicted octanol–water partition coefficient (Wildman–Crippen LogP) is 3.91. The molecule has 0 N–H and O–H groups in total. The minimum Gasteiger partial charge on any atom is -0.366 e. The van der Waals surface area contributed by atoms with E-state index in [0.29, 0.717) is 12.1 Å². The third-order valence-corrected chi connectivity index (χ3v) is 2.41. The molecular weight excluding hydrogens is 203 g/mol. The highest BCUT2D eigenvalue weighted by atomic mass is 19.1. The number of aliphatic imine (C=N–C) groups is 1. The number of nitrogens with zero attached hydrogens (tertiary/aromatic N) is 2. The van der Waals surface area contributed by atoms with Crippen molar-refractivity contribution in [3.05, 3.63) is 23.2 Å². The van der Waals surface area contributed by atoms with Gasteiger partial charge in [0.1, 0.15) is 11.7 Å². The Morgan fingerprint density at radius 3 is 2.19 bits per heavy atom. The van der Waals surface area contributed by atoms with E-state index in [9.17, 15) is 4.39 Å². The number of halogens is 1. The lowest BCUT2D eigenvalue weighted by Gasteiger charge is -2.12. The van der Waals surface area contributed by atoms with E-state index in [-0.39, 0.29) is 5.83 Å². The minimum absolute atomic E-state index is 0.189. The zero-order valence-electron chi connectivity index (χ0n) is 11.3. The van der Waals surface area contributed by atoms with E-state index in [1.165, 1.54) is 0 Å². The van der Waals surface area contributed by atoms with Gasteiger partial charge in [-0.1, -0.05) is 19.9 Å². The molecule has 0 aliphatic carbocycles. The standard InChI is InChI=1S/C13H23FN2/c1-7-9-12(8-2)13(14)10(3)15-11(4)16(5)6/h9H,7-8H2,1-6H3/b12-9+,13-10+,15-11+. The Balaban J connectivity index is 5.10. The first kappa shape index (κ1) is 14.9. The molecule has 0 amide bonds. The molecule has 0 bridgehead atoms. The number of allylic oxidation sites excluding steroid dienone is 4. The molecule has 16 heavy (non-hydrogen) atoms. The van der Waals surface area contributed by atoms with Crippen LogP contribution in [-0.4, -0.2) is 24.8 Å². The Labute approximate surface area is 98.6 Å². The summed E-state index contributed by atoms with van der Waals surface area (Å²) in [5, 5.41) is 0. The van der Waals surface area contributed by atoms with Crippen molar-refractivity contribution in [3.63, 3.8) is 0 Å². The second-order valence-corrected chi connectivity index (χ2v) is 3.94. The van der Waals surface area contributed by atoms with Crippen LogP contribution in [-0.2, 0) is 0 Å².